The number of benzene rings is 2. The third-order valence-corrected chi connectivity index (χ3v) is 2.93. The van der Waals surface area contributed by atoms with E-state index in [-0.39, 0.29) is 23.0 Å². The summed E-state index contributed by atoms with van der Waals surface area (Å²) in [6, 6.07) is 11.4. The first-order valence-corrected chi connectivity index (χ1v) is 5.86. The summed E-state index contributed by atoms with van der Waals surface area (Å²) < 4.78 is 0. The lowest BCUT2D eigenvalue weighted by atomic mass is 10.1. The van der Waals surface area contributed by atoms with Gasteiger partial charge in [0.25, 0.3) is 5.91 Å². The molecule has 1 amide bonds. The van der Waals surface area contributed by atoms with Gasteiger partial charge in [0.2, 0.25) is 0 Å². The minimum atomic E-state index is -0.291. The van der Waals surface area contributed by atoms with Crippen LogP contribution in [0, 0.1) is 6.92 Å². The van der Waals surface area contributed by atoms with E-state index >= 15 is 0 Å². The number of rotatable bonds is 2. The van der Waals surface area contributed by atoms with Gasteiger partial charge in [-0.15, -0.1) is 0 Å². The van der Waals surface area contributed by atoms with Crippen LogP contribution in [0.1, 0.15) is 15.9 Å². The van der Waals surface area contributed by atoms with E-state index in [1.807, 2.05) is 31.2 Å². The van der Waals surface area contributed by atoms with Gasteiger partial charge in [-0.05, 0) is 30.7 Å². The summed E-state index contributed by atoms with van der Waals surface area (Å²) in [5, 5.41) is 18.8. The van der Waals surface area contributed by atoms with Crippen molar-refractivity contribution in [1.82, 2.24) is 0 Å². The number of phenols is 2. The highest BCUT2D eigenvalue weighted by Crippen LogP contribution is 2.24. The molecule has 4 heteroatoms. The quantitative estimate of drug-likeness (QED) is 0.869. The smallest absolute Gasteiger partial charge is 0.258 e. The van der Waals surface area contributed by atoms with E-state index in [2.05, 4.69) is 0 Å². The zero-order chi connectivity index (χ0) is 14.0. The Hall–Kier alpha value is -2.49. The maximum absolute atomic E-state index is 12.3. The molecule has 19 heavy (non-hydrogen) atoms. The zero-order valence-corrected chi connectivity index (χ0v) is 10.8. The molecule has 0 aromatic heterocycles. The van der Waals surface area contributed by atoms with Crippen molar-refractivity contribution in [3.63, 3.8) is 0 Å². The third-order valence-electron chi connectivity index (χ3n) is 2.93. The summed E-state index contributed by atoms with van der Waals surface area (Å²) in [6.07, 6.45) is 0. The fourth-order valence-electron chi connectivity index (χ4n) is 1.96. The Balaban J connectivity index is 2.36. The molecule has 0 aliphatic carbocycles. The number of aromatic hydroxyl groups is 2. The average molecular weight is 257 g/mol. The second-order valence-electron chi connectivity index (χ2n) is 4.39. The summed E-state index contributed by atoms with van der Waals surface area (Å²) in [5.74, 6) is -0.566. The van der Waals surface area contributed by atoms with Crippen LogP contribution in [0.3, 0.4) is 0 Å². The highest BCUT2D eigenvalue weighted by atomic mass is 16.3. The van der Waals surface area contributed by atoms with Crippen LogP contribution in [0.2, 0.25) is 0 Å². The number of hydrogen-bond acceptors (Lipinski definition) is 3. The molecule has 2 aromatic rings. The molecule has 0 saturated carbocycles. The van der Waals surface area contributed by atoms with Gasteiger partial charge < -0.3 is 15.1 Å². The fraction of sp³-hybridized carbons (Fsp3) is 0.133. The first-order chi connectivity index (χ1) is 8.99. The van der Waals surface area contributed by atoms with E-state index in [4.69, 9.17) is 0 Å². The monoisotopic (exact) mass is 257 g/mol. The lowest BCUT2D eigenvalue weighted by Gasteiger charge is -2.19. The number of hydrogen-bond donors (Lipinski definition) is 2. The van der Waals surface area contributed by atoms with Gasteiger partial charge in [-0.2, -0.15) is 0 Å². The van der Waals surface area contributed by atoms with Crippen molar-refractivity contribution in [2.24, 2.45) is 0 Å². The van der Waals surface area contributed by atoms with Gasteiger partial charge in [-0.3, -0.25) is 4.79 Å². The van der Waals surface area contributed by atoms with Gasteiger partial charge >= 0.3 is 0 Å². The molecule has 0 spiro atoms. The molecule has 4 nitrogen and oxygen atoms in total. The van der Waals surface area contributed by atoms with Crippen molar-refractivity contribution >= 4 is 11.6 Å². The highest BCUT2D eigenvalue weighted by molar-refractivity contribution is 6.06. The van der Waals surface area contributed by atoms with Gasteiger partial charge in [0, 0.05) is 24.4 Å². The fourth-order valence-corrected chi connectivity index (χ4v) is 1.96. The molecule has 0 radical (unpaired) electrons. The first-order valence-electron chi connectivity index (χ1n) is 5.86. The minimum Gasteiger partial charge on any atom is -0.508 e. The Morgan fingerprint density at radius 2 is 1.63 bits per heavy atom. The van der Waals surface area contributed by atoms with Crippen LogP contribution in [0.15, 0.2) is 42.5 Å². The highest BCUT2D eigenvalue weighted by Gasteiger charge is 2.16. The molecule has 2 rings (SSSR count). The second-order valence-corrected chi connectivity index (χ2v) is 4.39. The van der Waals surface area contributed by atoms with Crippen LogP contribution < -0.4 is 4.90 Å². The molecule has 2 aromatic carbocycles. The van der Waals surface area contributed by atoms with Gasteiger partial charge in [0.1, 0.15) is 11.5 Å². The van der Waals surface area contributed by atoms with E-state index in [0.29, 0.717) is 0 Å². The minimum absolute atomic E-state index is 0.137. The van der Waals surface area contributed by atoms with Crippen molar-refractivity contribution in [3.05, 3.63) is 53.6 Å². The van der Waals surface area contributed by atoms with Gasteiger partial charge in [-0.1, -0.05) is 18.2 Å². The number of aryl methyl sites for hydroxylation is 1. The molecule has 98 valence electrons. The molecule has 0 saturated heterocycles. The molecule has 0 atom stereocenters. The Bertz CT molecular complexity index is 602. The standard InChI is InChI=1S/C15H15NO3/c1-10-5-3-4-6-14(10)16(2)15(19)11-7-12(17)9-13(18)8-11/h3-9,17-18H,1-2H3. The van der Waals surface area contributed by atoms with Crippen molar-refractivity contribution in [1.29, 1.82) is 0 Å². The number of para-hydroxylation sites is 1. The van der Waals surface area contributed by atoms with Crippen LogP contribution in [0.25, 0.3) is 0 Å². The van der Waals surface area contributed by atoms with Crippen LogP contribution in [-0.2, 0) is 0 Å². The molecule has 0 aliphatic rings. The summed E-state index contributed by atoms with van der Waals surface area (Å²) in [4.78, 5) is 13.8. The molecule has 0 unspecified atom stereocenters. The summed E-state index contributed by atoms with van der Waals surface area (Å²) in [6.45, 7) is 1.92. The van der Waals surface area contributed by atoms with Crippen molar-refractivity contribution in [2.75, 3.05) is 11.9 Å². The number of amides is 1. The van der Waals surface area contributed by atoms with Crippen molar-refractivity contribution in [3.8, 4) is 11.5 Å². The predicted molar refractivity (Wildman–Crippen MR) is 73.7 cm³/mol. The normalized spacial score (nSPS) is 10.2. The Morgan fingerprint density at radius 1 is 1.05 bits per heavy atom. The summed E-state index contributed by atoms with van der Waals surface area (Å²) in [5.41, 5.74) is 2.00. The predicted octanol–water partition coefficient (Wildman–Crippen LogP) is 2.68. The van der Waals surface area contributed by atoms with Crippen LogP contribution in [0.4, 0.5) is 5.69 Å². The largest absolute Gasteiger partial charge is 0.508 e. The van der Waals surface area contributed by atoms with Crippen LogP contribution >= 0.6 is 0 Å². The SMILES string of the molecule is Cc1ccccc1N(C)C(=O)c1cc(O)cc(O)c1. The molecule has 0 bridgehead atoms. The second kappa shape index (κ2) is 5.02. The zero-order valence-electron chi connectivity index (χ0n) is 10.8. The molecule has 0 fully saturated rings. The van der Waals surface area contributed by atoms with Crippen LogP contribution in [0.5, 0.6) is 11.5 Å². The topological polar surface area (TPSA) is 60.8 Å². The Morgan fingerprint density at radius 3 is 2.21 bits per heavy atom. The van der Waals surface area contributed by atoms with E-state index in [1.54, 1.807) is 7.05 Å². The van der Waals surface area contributed by atoms with E-state index in [0.717, 1.165) is 11.3 Å². The van der Waals surface area contributed by atoms with Gasteiger partial charge in [0.15, 0.2) is 0 Å². The molecule has 2 N–H and O–H groups in total. The number of carbonyl (C=O) groups is 1. The van der Waals surface area contributed by atoms with Gasteiger partial charge in [-0.25, -0.2) is 0 Å². The van der Waals surface area contributed by atoms with Crippen molar-refractivity contribution < 1.29 is 15.0 Å². The molecular weight excluding hydrogens is 242 g/mol. The van der Waals surface area contributed by atoms with Gasteiger partial charge in [0.05, 0.1) is 0 Å². The lowest BCUT2D eigenvalue weighted by molar-refractivity contribution is 0.0992. The lowest BCUT2D eigenvalue weighted by Crippen LogP contribution is -2.26. The number of carbonyl (C=O) groups excluding carboxylic acids is 1. The summed E-state index contributed by atoms with van der Waals surface area (Å²) in [7, 11) is 1.66. The Labute approximate surface area is 111 Å². The maximum Gasteiger partial charge on any atom is 0.258 e. The van der Waals surface area contributed by atoms with E-state index < -0.39 is 0 Å². The number of nitrogens with zero attached hydrogens (tertiary/aromatic N) is 1. The van der Waals surface area contributed by atoms with E-state index in [1.165, 1.54) is 23.1 Å². The Kier molecular flexibility index (Phi) is 3.42. The molecule has 0 aliphatic heterocycles. The number of phenolic OH excluding ortho intramolecular Hbond substituents is 2. The molecule has 0 heterocycles. The number of anilines is 1. The average Bonchev–Trinajstić information content (AvgIpc) is 2.36. The van der Waals surface area contributed by atoms with E-state index in [9.17, 15) is 15.0 Å². The van der Waals surface area contributed by atoms with Crippen molar-refractivity contribution in [2.45, 2.75) is 6.92 Å². The summed E-state index contributed by atoms with van der Waals surface area (Å²) >= 11 is 0. The molecular formula is C15H15NO3. The third kappa shape index (κ3) is 2.68. The first kappa shape index (κ1) is 13.0. The maximum atomic E-state index is 12.3. The van der Waals surface area contributed by atoms with Crippen LogP contribution in [-0.4, -0.2) is 23.2 Å².